The number of benzene rings is 2. The number of ketones is 1. The number of carbonyl (C=O) groups excluding carboxylic acids is 2. The molecular weight excluding hydrogens is 346 g/mol. The van der Waals surface area contributed by atoms with Crippen LogP contribution in [0.5, 0.6) is 0 Å². The van der Waals surface area contributed by atoms with E-state index in [-0.39, 0.29) is 43.2 Å². The molecule has 2 aromatic rings. The third-order valence-corrected chi connectivity index (χ3v) is 4.99. The lowest BCUT2D eigenvalue weighted by molar-refractivity contribution is -0.162. The molecule has 2 aromatic carbocycles. The number of hydrogen-bond acceptors (Lipinski definition) is 4. The third-order valence-electron chi connectivity index (χ3n) is 4.99. The molecule has 0 unspecified atom stereocenters. The number of carbonyl (C=O) groups is 3. The molecule has 0 saturated carbocycles. The van der Waals surface area contributed by atoms with Crippen LogP contribution in [0.1, 0.15) is 44.7 Å². The summed E-state index contributed by atoms with van der Waals surface area (Å²) in [7, 11) is 0. The number of likely N-dealkylation sites (tertiary alicyclic amines) is 1. The van der Waals surface area contributed by atoms with Crippen molar-refractivity contribution in [3.63, 3.8) is 0 Å². The highest BCUT2D eigenvalue weighted by Gasteiger charge is 2.40. The first-order valence-electron chi connectivity index (χ1n) is 8.77. The van der Waals surface area contributed by atoms with E-state index in [9.17, 15) is 19.5 Å². The fourth-order valence-electron chi connectivity index (χ4n) is 3.19. The zero-order valence-corrected chi connectivity index (χ0v) is 15.0. The number of aryl methyl sites for hydroxylation is 1. The van der Waals surface area contributed by atoms with Gasteiger partial charge in [-0.25, -0.2) is 4.79 Å². The number of hydrogen-bond donors (Lipinski definition) is 2. The van der Waals surface area contributed by atoms with E-state index in [0.717, 1.165) is 5.56 Å². The zero-order valence-electron chi connectivity index (χ0n) is 15.0. The van der Waals surface area contributed by atoms with Crippen LogP contribution in [0.2, 0.25) is 0 Å². The maximum absolute atomic E-state index is 12.9. The van der Waals surface area contributed by atoms with Crippen LogP contribution in [0.3, 0.4) is 0 Å². The Bertz CT molecular complexity index is 880. The molecule has 27 heavy (non-hydrogen) atoms. The Morgan fingerprint density at radius 1 is 0.926 bits per heavy atom. The van der Waals surface area contributed by atoms with Crippen molar-refractivity contribution in [3.8, 4) is 0 Å². The van der Waals surface area contributed by atoms with Gasteiger partial charge in [-0.3, -0.25) is 9.59 Å². The van der Waals surface area contributed by atoms with Crippen LogP contribution < -0.4 is 0 Å². The van der Waals surface area contributed by atoms with Crippen molar-refractivity contribution >= 4 is 17.7 Å². The van der Waals surface area contributed by atoms with Crippen molar-refractivity contribution in [2.24, 2.45) is 0 Å². The summed E-state index contributed by atoms with van der Waals surface area (Å²) in [5.41, 5.74) is 0.331. The van der Waals surface area contributed by atoms with Gasteiger partial charge in [-0.05, 0) is 13.0 Å². The van der Waals surface area contributed by atoms with Crippen molar-refractivity contribution in [2.75, 3.05) is 13.1 Å². The number of rotatable bonds is 4. The van der Waals surface area contributed by atoms with Gasteiger partial charge in [-0.1, -0.05) is 48.0 Å². The molecule has 0 spiro atoms. The Morgan fingerprint density at radius 2 is 1.48 bits per heavy atom. The van der Waals surface area contributed by atoms with Crippen molar-refractivity contribution in [1.82, 2.24) is 4.90 Å². The average molecular weight is 367 g/mol. The van der Waals surface area contributed by atoms with Crippen LogP contribution >= 0.6 is 0 Å². The Morgan fingerprint density at radius 3 is 2.04 bits per heavy atom. The first kappa shape index (κ1) is 18.8. The summed E-state index contributed by atoms with van der Waals surface area (Å²) in [5.74, 6) is -1.85. The van der Waals surface area contributed by atoms with Gasteiger partial charge < -0.3 is 15.1 Å². The summed E-state index contributed by atoms with van der Waals surface area (Å²) >= 11 is 0. The number of carboxylic acid groups (broad SMARTS) is 1. The fraction of sp³-hybridized carbons (Fsp3) is 0.286. The molecule has 0 aromatic heterocycles. The molecule has 1 saturated heterocycles. The van der Waals surface area contributed by atoms with Crippen molar-refractivity contribution in [1.29, 1.82) is 0 Å². The van der Waals surface area contributed by atoms with Gasteiger partial charge >= 0.3 is 5.97 Å². The Labute approximate surface area is 157 Å². The van der Waals surface area contributed by atoms with E-state index >= 15 is 0 Å². The lowest BCUT2D eigenvalue weighted by Gasteiger charge is -2.35. The van der Waals surface area contributed by atoms with E-state index in [1.807, 2.05) is 19.1 Å². The Balaban J connectivity index is 1.84. The molecule has 0 aliphatic carbocycles. The summed E-state index contributed by atoms with van der Waals surface area (Å²) in [6.45, 7) is 2.17. The van der Waals surface area contributed by atoms with Crippen molar-refractivity contribution in [2.45, 2.75) is 25.4 Å². The third kappa shape index (κ3) is 3.75. The Hall–Kier alpha value is -2.99. The number of aliphatic hydroxyl groups is 1. The smallest absolute Gasteiger partial charge is 0.335 e. The van der Waals surface area contributed by atoms with Gasteiger partial charge in [0.2, 0.25) is 0 Å². The summed E-state index contributed by atoms with van der Waals surface area (Å²) in [4.78, 5) is 38.4. The van der Waals surface area contributed by atoms with Crippen LogP contribution in [-0.4, -0.2) is 51.5 Å². The highest BCUT2D eigenvalue weighted by molar-refractivity contribution is 6.15. The summed E-state index contributed by atoms with van der Waals surface area (Å²) < 4.78 is 0. The molecule has 1 heterocycles. The molecule has 0 bridgehead atoms. The highest BCUT2D eigenvalue weighted by atomic mass is 16.4. The predicted octanol–water partition coefficient (Wildman–Crippen LogP) is 2.28. The van der Waals surface area contributed by atoms with Crippen molar-refractivity contribution < 1.29 is 24.6 Å². The van der Waals surface area contributed by atoms with E-state index in [0.29, 0.717) is 11.1 Å². The van der Waals surface area contributed by atoms with Gasteiger partial charge in [-0.15, -0.1) is 0 Å². The predicted molar refractivity (Wildman–Crippen MR) is 98.8 cm³/mol. The second-order valence-electron chi connectivity index (χ2n) is 6.87. The van der Waals surface area contributed by atoms with E-state index in [2.05, 4.69) is 0 Å². The fourth-order valence-corrected chi connectivity index (χ4v) is 3.19. The molecular formula is C21H21NO5. The number of carboxylic acids is 1. The van der Waals surface area contributed by atoms with E-state index in [1.54, 1.807) is 36.4 Å². The number of aliphatic carboxylic acids is 1. The van der Waals surface area contributed by atoms with Gasteiger partial charge in [0.1, 0.15) is 0 Å². The summed E-state index contributed by atoms with van der Waals surface area (Å²) in [5, 5.41) is 19.1. The SMILES string of the molecule is Cc1ccc(C(=O)c2ccccc2C(=O)N2CCC(O)(C(=O)O)CC2)cc1. The molecule has 1 aliphatic heterocycles. The molecule has 1 aliphatic rings. The lowest BCUT2D eigenvalue weighted by Crippen LogP contribution is -2.51. The van der Waals surface area contributed by atoms with Crippen molar-refractivity contribution in [3.05, 3.63) is 70.8 Å². The second kappa shape index (κ2) is 7.32. The number of amides is 1. The molecule has 6 nitrogen and oxygen atoms in total. The van der Waals surface area contributed by atoms with E-state index in [4.69, 9.17) is 5.11 Å². The second-order valence-corrected chi connectivity index (χ2v) is 6.87. The van der Waals surface area contributed by atoms with Gasteiger partial charge in [0.25, 0.3) is 5.91 Å². The van der Waals surface area contributed by atoms with Crippen LogP contribution in [-0.2, 0) is 4.79 Å². The van der Waals surface area contributed by atoms with Crippen LogP contribution in [0.4, 0.5) is 0 Å². The molecule has 3 rings (SSSR count). The van der Waals surface area contributed by atoms with Gasteiger partial charge in [0.05, 0.1) is 5.56 Å². The number of nitrogens with zero attached hydrogens (tertiary/aromatic N) is 1. The van der Waals surface area contributed by atoms with Crippen LogP contribution in [0.25, 0.3) is 0 Å². The topological polar surface area (TPSA) is 94.9 Å². The molecule has 2 N–H and O–H groups in total. The van der Waals surface area contributed by atoms with E-state index < -0.39 is 11.6 Å². The monoisotopic (exact) mass is 367 g/mol. The van der Waals surface area contributed by atoms with Gasteiger partial charge in [0.15, 0.2) is 11.4 Å². The van der Waals surface area contributed by atoms with Gasteiger partial charge in [0, 0.05) is 37.1 Å². The first-order valence-corrected chi connectivity index (χ1v) is 8.77. The molecule has 1 amide bonds. The largest absolute Gasteiger partial charge is 0.479 e. The summed E-state index contributed by atoms with van der Waals surface area (Å²) in [6, 6.07) is 13.8. The molecule has 0 radical (unpaired) electrons. The normalized spacial score (nSPS) is 16.0. The minimum atomic E-state index is -1.80. The quantitative estimate of drug-likeness (QED) is 0.809. The Kier molecular flexibility index (Phi) is 5.10. The van der Waals surface area contributed by atoms with Gasteiger partial charge in [-0.2, -0.15) is 0 Å². The maximum atomic E-state index is 12.9. The van der Waals surface area contributed by atoms with E-state index in [1.165, 1.54) is 4.90 Å². The number of piperidine rings is 1. The summed E-state index contributed by atoms with van der Waals surface area (Å²) in [6.07, 6.45) is -0.0791. The standard InChI is InChI=1S/C21H21NO5/c1-14-6-8-15(9-7-14)18(23)16-4-2-3-5-17(16)19(24)22-12-10-21(27,11-13-22)20(25)26/h2-9,27H,10-13H2,1H3,(H,25,26). The lowest BCUT2D eigenvalue weighted by atomic mass is 9.90. The van der Waals surface area contributed by atoms with Crippen LogP contribution in [0, 0.1) is 6.92 Å². The zero-order chi connectivity index (χ0) is 19.6. The molecule has 6 heteroatoms. The molecule has 0 atom stereocenters. The molecule has 140 valence electrons. The minimum Gasteiger partial charge on any atom is -0.479 e. The first-order chi connectivity index (χ1) is 12.8. The highest BCUT2D eigenvalue weighted by Crippen LogP contribution is 2.25. The molecule has 1 fully saturated rings. The maximum Gasteiger partial charge on any atom is 0.335 e. The average Bonchev–Trinajstić information content (AvgIpc) is 2.68. The van der Waals surface area contributed by atoms with Crippen LogP contribution in [0.15, 0.2) is 48.5 Å². The minimum absolute atomic E-state index is 0.0395.